The van der Waals surface area contributed by atoms with Crippen LogP contribution in [0.15, 0.2) is 9.42 Å². The van der Waals surface area contributed by atoms with E-state index < -0.39 is 5.60 Å². The fraction of sp³-hybridized carbons (Fsp3) is 0.750. The molecule has 0 aromatic carbocycles. The molecule has 4 rings (SSSR count). The van der Waals surface area contributed by atoms with Crippen LogP contribution in [0.5, 0.6) is 0 Å². The molecule has 1 saturated carbocycles. The summed E-state index contributed by atoms with van der Waals surface area (Å²) in [7, 11) is 0. The summed E-state index contributed by atoms with van der Waals surface area (Å²) < 4.78 is 10.9. The fourth-order valence-corrected chi connectivity index (χ4v) is 5.48. The number of fused-ring (bicyclic) bond motifs is 1. The minimum Gasteiger partial charge on any atom is -0.444 e. The molecule has 1 aromatic rings. The lowest BCUT2D eigenvalue weighted by atomic mass is 9.85. The number of piperazine rings is 1. The van der Waals surface area contributed by atoms with Gasteiger partial charge in [0.05, 0.1) is 22.7 Å². The molecule has 1 aromatic heterocycles. The fourth-order valence-electron chi connectivity index (χ4n) is 4.13. The monoisotopic (exact) mass is 407 g/mol. The zero-order valence-electron chi connectivity index (χ0n) is 17.1. The Morgan fingerprint density at radius 2 is 1.75 bits per heavy atom. The predicted molar refractivity (Wildman–Crippen MR) is 106 cm³/mol. The maximum absolute atomic E-state index is 13.0. The van der Waals surface area contributed by atoms with E-state index in [4.69, 9.17) is 9.26 Å². The van der Waals surface area contributed by atoms with Crippen molar-refractivity contribution in [3.8, 4) is 0 Å². The van der Waals surface area contributed by atoms with Gasteiger partial charge in [-0.15, -0.1) is 11.8 Å². The van der Waals surface area contributed by atoms with Gasteiger partial charge in [-0.25, -0.2) is 4.79 Å². The lowest BCUT2D eigenvalue weighted by molar-refractivity contribution is -0.103. The number of carbonyl (C=O) groups excluding carboxylic acids is 2. The van der Waals surface area contributed by atoms with Gasteiger partial charge in [-0.2, -0.15) is 0 Å². The van der Waals surface area contributed by atoms with Crippen molar-refractivity contribution in [1.29, 1.82) is 0 Å². The lowest BCUT2D eigenvalue weighted by Gasteiger charge is -2.60. The van der Waals surface area contributed by atoms with Crippen molar-refractivity contribution >= 4 is 23.8 Å². The first-order valence-electron chi connectivity index (χ1n) is 10.2. The van der Waals surface area contributed by atoms with Crippen LogP contribution in [-0.2, 0) is 4.74 Å². The van der Waals surface area contributed by atoms with Gasteiger partial charge in [-0.1, -0.05) is 24.4 Å². The minimum atomic E-state index is -0.510. The van der Waals surface area contributed by atoms with Crippen LogP contribution in [-0.4, -0.2) is 63.0 Å². The number of hydrogen-bond donors (Lipinski definition) is 0. The number of amides is 2. The molecule has 2 amide bonds. The standard InChI is InChI=1S/C20H29N3O4S/c1-12-17(28-13-8-6-5-7-9-13)16(27-21-12)18(24)22-10-15-14(22)11-23(15)19(25)26-20(2,3)4/h13-15H,5-11H2,1-4H3/t14-,15?/m1/s1. The number of aryl methyl sites for hydroxylation is 1. The summed E-state index contributed by atoms with van der Waals surface area (Å²) in [5.41, 5.74) is 0.282. The summed E-state index contributed by atoms with van der Waals surface area (Å²) in [6, 6.07) is 0.107. The second-order valence-electron chi connectivity index (χ2n) is 9.03. The lowest BCUT2D eigenvalue weighted by Crippen LogP contribution is -2.80. The highest BCUT2D eigenvalue weighted by Gasteiger charge is 2.57. The molecule has 0 bridgehead atoms. The van der Waals surface area contributed by atoms with Crippen LogP contribution in [0.1, 0.15) is 69.1 Å². The first kappa shape index (κ1) is 19.6. The number of likely N-dealkylation sites (tertiary alicyclic amines) is 2. The van der Waals surface area contributed by atoms with E-state index in [0.717, 1.165) is 10.6 Å². The quantitative estimate of drug-likeness (QED) is 0.757. The molecule has 2 saturated heterocycles. The van der Waals surface area contributed by atoms with Gasteiger partial charge in [-0.3, -0.25) is 9.69 Å². The third-order valence-electron chi connectivity index (χ3n) is 5.74. The summed E-state index contributed by atoms with van der Waals surface area (Å²) in [4.78, 5) is 29.7. The average Bonchev–Trinajstić information content (AvgIpc) is 2.96. The number of thioether (sulfide) groups is 1. The Hall–Kier alpha value is -1.70. The van der Waals surface area contributed by atoms with Gasteiger partial charge in [0, 0.05) is 18.3 Å². The molecule has 8 heteroatoms. The molecule has 154 valence electrons. The molecular weight excluding hydrogens is 378 g/mol. The Labute approximate surface area is 170 Å². The Kier molecular flexibility index (Phi) is 5.10. The van der Waals surface area contributed by atoms with E-state index in [2.05, 4.69) is 5.16 Å². The van der Waals surface area contributed by atoms with E-state index in [-0.39, 0.29) is 24.1 Å². The number of ether oxygens (including phenoxy) is 1. The molecule has 0 spiro atoms. The molecule has 1 unspecified atom stereocenters. The normalized spacial score (nSPS) is 25.0. The topological polar surface area (TPSA) is 75.9 Å². The van der Waals surface area contributed by atoms with Crippen LogP contribution in [0.25, 0.3) is 0 Å². The van der Waals surface area contributed by atoms with E-state index in [1.54, 1.807) is 21.6 Å². The number of rotatable bonds is 3. The minimum absolute atomic E-state index is 0.0530. The summed E-state index contributed by atoms with van der Waals surface area (Å²) in [5.74, 6) is 0.256. The van der Waals surface area contributed by atoms with Crippen molar-refractivity contribution in [3.05, 3.63) is 11.5 Å². The molecule has 0 N–H and O–H groups in total. The van der Waals surface area contributed by atoms with Crippen LogP contribution in [0.2, 0.25) is 0 Å². The second kappa shape index (κ2) is 7.28. The molecular formula is C20H29N3O4S. The maximum atomic E-state index is 13.0. The zero-order valence-corrected chi connectivity index (χ0v) is 17.9. The van der Waals surface area contributed by atoms with Gasteiger partial charge in [0.25, 0.3) is 5.91 Å². The van der Waals surface area contributed by atoms with Crippen molar-refractivity contribution in [2.75, 3.05) is 13.1 Å². The van der Waals surface area contributed by atoms with Crippen LogP contribution >= 0.6 is 11.8 Å². The third kappa shape index (κ3) is 3.63. The van der Waals surface area contributed by atoms with Gasteiger partial charge in [-0.05, 0) is 40.5 Å². The first-order valence-corrected chi connectivity index (χ1v) is 11.1. The molecule has 1 aliphatic carbocycles. The third-order valence-corrected chi connectivity index (χ3v) is 7.26. The van der Waals surface area contributed by atoms with Gasteiger partial charge >= 0.3 is 6.09 Å². The van der Waals surface area contributed by atoms with Crippen LogP contribution in [0.4, 0.5) is 4.79 Å². The van der Waals surface area contributed by atoms with E-state index in [1.165, 1.54) is 32.1 Å². The smallest absolute Gasteiger partial charge is 0.410 e. The van der Waals surface area contributed by atoms with Crippen molar-refractivity contribution < 1.29 is 18.8 Å². The van der Waals surface area contributed by atoms with E-state index in [0.29, 0.717) is 24.1 Å². The second-order valence-corrected chi connectivity index (χ2v) is 10.3. The predicted octanol–water partition coefficient (Wildman–Crippen LogP) is 3.85. The maximum Gasteiger partial charge on any atom is 0.410 e. The van der Waals surface area contributed by atoms with Crippen molar-refractivity contribution in [2.45, 2.75) is 87.6 Å². The highest BCUT2D eigenvalue weighted by Crippen LogP contribution is 2.40. The largest absolute Gasteiger partial charge is 0.444 e. The van der Waals surface area contributed by atoms with Crippen LogP contribution in [0.3, 0.4) is 0 Å². The number of nitrogens with zero attached hydrogens (tertiary/aromatic N) is 3. The van der Waals surface area contributed by atoms with Gasteiger partial charge in [0.1, 0.15) is 5.60 Å². The number of aromatic nitrogens is 1. The van der Waals surface area contributed by atoms with Gasteiger partial charge < -0.3 is 14.2 Å². The molecule has 3 aliphatic rings. The van der Waals surface area contributed by atoms with Gasteiger partial charge in [0.15, 0.2) is 0 Å². The van der Waals surface area contributed by atoms with Crippen molar-refractivity contribution in [2.24, 2.45) is 0 Å². The molecule has 28 heavy (non-hydrogen) atoms. The highest BCUT2D eigenvalue weighted by molar-refractivity contribution is 8.00. The van der Waals surface area contributed by atoms with Crippen molar-refractivity contribution in [3.63, 3.8) is 0 Å². The molecule has 0 radical (unpaired) electrons. The zero-order chi connectivity index (χ0) is 20.1. The Bertz CT molecular complexity index is 766. The van der Waals surface area contributed by atoms with Crippen LogP contribution < -0.4 is 0 Å². The number of hydrogen-bond acceptors (Lipinski definition) is 6. The first-order chi connectivity index (χ1) is 13.2. The van der Waals surface area contributed by atoms with E-state index in [1.807, 2.05) is 27.7 Å². The summed E-state index contributed by atoms with van der Waals surface area (Å²) in [5, 5.41) is 4.60. The van der Waals surface area contributed by atoms with Gasteiger partial charge in [0.2, 0.25) is 5.76 Å². The molecule has 2 atom stereocenters. The summed E-state index contributed by atoms with van der Waals surface area (Å²) in [6.07, 6.45) is 5.87. The van der Waals surface area contributed by atoms with E-state index >= 15 is 0 Å². The summed E-state index contributed by atoms with van der Waals surface area (Å²) >= 11 is 1.75. The van der Waals surface area contributed by atoms with Crippen LogP contribution in [0, 0.1) is 6.92 Å². The Balaban J connectivity index is 1.38. The SMILES string of the molecule is Cc1noc(C(=O)N2CC3[C@H]2CN3C(=O)OC(C)(C)C)c1SC1CCCCC1. The van der Waals surface area contributed by atoms with Crippen molar-refractivity contribution in [1.82, 2.24) is 15.0 Å². The van der Waals surface area contributed by atoms with E-state index in [9.17, 15) is 9.59 Å². The Morgan fingerprint density at radius 3 is 2.36 bits per heavy atom. The number of carbonyl (C=O) groups is 2. The Morgan fingerprint density at radius 1 is 1.11 bits per heavy atom. The average molecular weight is 408 g/mol. The molecule has 2 aliphatic heterocycles. The molecule has 7 nitrogen and oxygen atoms in total. The highest BCUT2D eigenvalue weighted by atomic mass is 32.2. The molecule has 3 fully saturated rings. The summed E-state index contributed by atoms with van der Waals surface area (Å²) in [6.45, 7) is 8.51. The molecule has 3 heterocycles.